The highest BCUT2D eigenvalue weighted by molar-refractivity contribution is 5.64. The Morgan fingerprint density at radius 3 is 3.00 bits per heavy atom. The van der Waals surface area contributed by atoms with Gasteiger partial charge in [0.2, 0.25) is 0 Å². The van der Waals surface area contributed by atoms with E-state index in [2.05, 4.69) is 25.1 Å². The van der Waals surface area contributed by atoms with Crippen LogP contribution in [0.2, 0.25) is 0 Å². The standard InChI is InChI=1S/C14H18O2/c1-2-9-15-10-3-5-12-7-8-13-6-4-11-16-14(12)13/h4,6-8,11H,2-3,5,9-10H2,1H3. The smallest absolute Gasteiger partial charge is 0.136 e. The maximum Gasteiger partial charge on any atom is 0.136 e. The molecule has 2 heteroatoms. The van der Waals surface area contributed by atoms with Crippen LogP contribution in [0.4, 0.5) is 0 Å². The summed E-state index contributed by atoms with van der Waals surface area (Å²) in [6.07, 6.45) is 4.91. The molecule has 2 rings (SSSR count). The zero-order chi connectivity index (χ0) is 11.2. The second-order valence-electron chi connectivity index (χ2n) is 3.97. The fourth-order valence-electron chi connectivity index (χ4n) is 1.86. The summed E-state index contributed by atoms with van der Waals surface area (Å²) in [5, 5.41) is 0. The molecule has 0 N–H and O–H groups in total. The first-order valence-electron chi connectivity index (χ1n) is 5.94. The largest absolute Gasteiger partial charge is 0.464 e. The SMILES string of the molecule is CCCOCCCc1ccc2cccoc1-2. The van der Waals surface area contributed by atoms with Gasteiger partial charge in [-0.3, -0.25) is 0 Å². The molecule has 0 aromatic rings. The second kappa shape index (κ2) is 5.71. The van der Waals surface area contributed by atoms with Crippen molar-refractivity contribution in [3.05, 3.63) is 36.1 Å². The van der Waals surface area contributed by atoms with Crippen LogP contribution in [-0.4, -0.2) is 13.2 Å². The van der Waals surface area contributed by atoms with Crippen LogP contribution in [-0.2, 0) is 11.2 Å². The van der Waals surface area contributed by atoms with Crippen molar-refractivity contribution in [2.45, 2.75) is 26.2 Å². The lowest BCUT2D eigenvalue weighted by Gasteiger charge is -2.03. The summed E-state index contributed by atoms with van der Waals surface area (Å²) in [5.74, 6) is 1.03. The van der Waals surface area contributed by atoms with Crippen LogP contribution in [0.3, 0.4) is 0 Å². The third-order valence-corrected chi connectivity index (χ3v) is 2.64. The molecule has 0 aromatic heterocycles. The van der Waals surface area contributed by atoms with Gasteiger partial charge in [0.1, 0.15) is 5.76 Å². The molecule has 0 unspecified atom stereocenters. The predicted octanol–water partition coefficient (Wildman–Crippen LogP) is 3.74. The summed E-state index contributed by atoms with van der Waals surface area (Å²) >= 11 is 0. The van der Waals surface area contributed by atoms with Crippen molar-refractivity contribution in [2.24, 2.45) is 0 Å². The molecule has 0 spiro atoms. The fourth-order valence-corrected chi connectivity index (χ4v) is 1.86. The number of aryl methyl sites for hydroxylation is 1. The number of hydrogen-bond donors (Lipinski definition) is 0. The van der Waals surface area contributed by atoms with E-state index in [0.29, 0.717) is 0 Å². The van der Waals surface area contributed by atoms with Gasteiger partial charge in [0.15, 0.2) is 0 Å². The van der Waals surface area contributed by atoms with Crippen LogP contribution >= 0.6 is 0 Å². The summed E-state index contributed by atoms with van der Waals surface area (Å²) in [4.78, 5) is 0. The zero-order valence-corrected chi connectivity index (χ0v) is 9.74. The van der Waals surface area contributed by atoms with E-state index in [1.54, 1.807) is 6.26 Å². The molecule has 0 fully saturated rings. The van der Waals surface area contributed by atoms with Crippen molar-refractivity contribution in [3.63, 3.8) is 0 Å². The molecule has 86 valence electrons. The molecule has 0 saturated heterocycles. The molecule has 0 saturated carbocycles. The first kappa shape index (κ1) is 11.2. The van der Waals surface area contributed by atoms with E-state index in [-0.39, 0.29) is 0 Å². The minimum Gasteiger partial charge on any atom is -0.464 e. The Labute approximate surface area is 96.6 Å². The quantitative estimate of drug-likeness (QED) is 0.689. The molecule has 1 heterocycles. The Kier molecular flexibility index (Phi) is 4.00. The molecule has 0 aromatic carbocycles. The molecule has 2 aliphatic rings. The van der Waals surface area contributed by atoms with Crippen molar-refractivity contribution in [1.29, 1.82) is 0 Å². The highest BCUT2D eigenvalue weighted by atomic mass is 16.5. The number of hydrogen-bond acceptors (Lipinski definition) is 2. The highest BCUT2D eigenvalue weighted by Gasteiger charge is 2.10. The van der Waals surface area contributed by atoms with Gasteiger partial charge in [0.05, 0.1) is 6.26 Å². The Bertz CT molecular complexity index is 392. The Morgan fingerprint density at radius 1 is 1.19 bits per heavy atom. The molecule has 16 heavy (non-hydrogen) atoms. The van der Waals surface area contributed by atoms with E-state index in [9.17, 15) is 0 Å². The molecule has 0 bridgehead atoms. The molecule has 2 nitrogen and oxygen atoms in total. The van der Waals surface area contributed by atoms with Crippen LogP contribution in [0.1, 0.15) is 25.3 Å². The van der Waals surface area contributed by atoms with Gasteiger partial charge in [-0.1, -0.05) is 19.1 Å². The van der Waals surface area contributed by atoms with Crippen molar-refractivity contribution in [2.75, 3.05) is 13.2 Å². The van der Waals surface area contributed by atoms with Gasteiger partial charge in [0, 0.05) is 18.8 Å². The van der Waals surface area contributed by atoms with Crippen LogP contribution in [0.5, 0.6) is 0 Å². The van der Waals surface area contributed by atoms with Crippen molar-refractivity contribution >= 4 is 0 Å². The van der Waals surface area contributed by atoms with E-state index >= 15 is 0 Å². The Balaban J connectivity index is 1.86. The van der Waals surface area contributed by atoms with Gasteiger partial charge in [-0.05, 0) is 37.0 Å². The van der Waals surface area contributed by atoms with Crippen LogP contribution in [0.25, 0.3) is 11.3 Å². The van der Waals surface area contributed by atoms with E-state index < -0.39 is 0 Å². The van der Waals surface area contributed by atoms with Gasteiger partial charge in [0.25, 0.3) is 0 Å². The zero-order valence-electron chi connectivity index (χ0n) is 9.74. The van der Waals surface area contributed by atoms with E-state index in [4.69, 9.17) is 9.15 Å². The summed E-state index contributed by atoms with van der Waals surface area (Å²) in [5.41, 5.74) is 2.47. The van der Waals surface area contributed by atoms with Crippen LogP contribution < -0.4 is 0 Å². The second-order valence-corrected chi connectivity index (χ2v) is 3.97. The predicted molar refractivity (Wildman–Crippen MR) is 64.8 cm³/mol. The maximum absolute atomic E-state index is 5.52. The van der Waals surface area contributed by atoms with Gasteiger partial charge in [-0.15, -0.1) is 0 Å². The van der Waals surface area contributed by atoms with Crippen LogP contribution in [0.15, 0.2) is 34.9 Å². The topological polar surface area (TPSA) is 22.4 Å². The monoisotopic (exact) mass is 218 g/mol. The lowest BCUT2D eigenvalue weighted by atomic mass is 10.1. The van der Waals surface area contributed by atoms with E-state index in [1.165, 1.54) is 11.1 Å². The van der Waals surface area contributed by atoms with Crippen molar-refractivity contribution in [1.82, 2.24) is 0 Å². The average molecular weight is 218 g/mol. The third kappa shape index (κ3) is 2.64. The Morgan fingerprint density at radius 2 is 2.12 bits per heavy atom. The van der Waals surface area contributed by atoms with E-state index in [0.717, 1.165) is 38.2 Å². The normalized spacial score (nSPS) is 11.1. The minimum atomic E-state index is 0.841. The molecule has 0 radical (unpaired) electrons. The number of rotatable bonds is 6. The van der Waals surface area contributed by atoms with Gasteiger partial charge in [-0.25, -0.2) is 0 Å². The molecule has 0 atom stereocenters. The molecular weight excluding hydrogens is 200 g/mol. The first-order valence-corrected chi connectivity index (χ1v) is 5.94. The lowest BCUT2D eigenvalue weighted by molar-refractivity contribution is 0.132. The Hall–Kier alpha value is -1.28. The summed E-state index contributed by atoms with van der Waals surface area (Å²) in [7, 11) is 0. The van der Waals surface area contributed by atoms with Crippen LogP contribution in [0, 0.1) is 0 Å². The van der Waals surface area contributed by atoms with Gasteiger partial charge < -0.3 is 9.15 Å². The molecule has 0 amide bonds. The summed E-state index contributed by atoms with van der Waals surface area (Å²) in [6.45, 7) is 3.84. The van der Waals surface area contributed by atoms with Gasteiger partial charge in [-0.2, -0.15) is 0 Å². The average Bonchev–Trinajstić information content (AvgIpc) is 2.73. The molecule has 1 aliphatic heterocycles. The van der Waals surface area contributed by atoms with E-state index in [1.807, 2.05) is 6.07 Å². The summed E-state index contributed by atoms with van der Waals surface area (Å²) < 4.78 is 11.0. The third-order valence-electron chi connectivity index (χ3n) is 2.64. The molecular formula is C14H18O2. The number of ether oxygens (including phenoxy) is 1. The minimum absolute atomic E-state index is 0.841. The fraction of sp³-hybridized carbons (Fsp3) is 0.429. The van der Waals surface area contributed by atoms with Crippen molar-refractivity contribution in [3.8, 4) is 11.3 Å². The number of fused-ring (bicyclic) bond motifs is 1. The summed E-state index contributed by atoms with van der Waals surface area (Å²) in [6, 6.07) is 8.27. The lowest BCUT2D eigenvalue weighted by Crippen LogP contribution is -1.97. The first-order chi connectivity index (χ1) is 7.92. The molecule has 1 aliphatic carbocycles. The van der Waals surface area contributed by atoms with Gasteiger partial charge >= 0.3 is 0 Å². The highest BCUT2D eigenvalue weighted by Crippen LogP contribution is 2.28. The maximum atomic E-state index is 5.52. The van der Waals surface area contributed by atoms with Crippen molar-refractivity contribution < 1.29 is 9.15 Å².